The van der Waals surface area contributed by atoms with Gasteiger partial charge in [0.25, 0.3) is 11.8 Å². The third kappa shape index (κ3) is 2.00. The summed E-state index contributed by atoms with van der Waals surface area (Å²) in [7, 11) is 2.95. The van der Waals surface area contributed by atoms with Crippen LogP contribution in [0.5, 0.6) is 0 Å². The van der Waals surface area contributed by atoms with Gasteiger partial charge < -0.3 is 0 Å². The largest absolute Gasteiger partial charge is 0.272 e. The van der Waals surface area contributed by atoms with Crippen LogP contribution in [0, 0.1) is 0 Å². The average Bonchev–Trinajstić information content (AvgIpc) is 2.22. The molecule has 0 N–H and O–H groups in total. The van der Waals surface area contributed by atoms with Gasteiger partial charge in [-0.1, -0.05) is 21.6 Å². The third-order valence-corrected chi connectivity index (χ3v) is 4.41. The van der Waals surface area contributed by atoms with Crippen molar-refractivity contribution >= 4 is 33.4 Å². The second-order valence-corrected chi connectivity index (χ2v) is 5.73. The Balaban J connectivity index is 2.14. The summed E-state index contributed by atoms with van der Waals surface area (Å²) in [6.45, 7) is 1.41. The minimum atomic E-state index is 0.0650. The Hall–Kier alpha value is -0.360. The van der Waals surface area contributed by atoms with Gasteiger partial charge in [0, 0.05) is 13.1 Å². The predicted molar refractivity (Wildman–Crippen MR) is 57.6 cm³/mol. The van der Waals surface area contributed by atoms with E-state index >= 15 is 0 Å². The molecule has 0 aromatic rings. The van der Waals surface area contributed by atoms with Crippen molar-refractivity contribution in [1.29, 1.82) is 0 Å². The van der Waals surface area contributed by atoms with Crippen molar-refractivity contribution in [3.63, 3.8) is 0 Å². The SMILES string of the molecule is O=C1CSSCC(=O)N2CCCCN12. The quantitative estimate of drug-likeness (QED) is 0.578. The van der Waals surface area contributed by atoms with Crippen LogP contribution in [0.2, 0.25) is 0 Å². The van der Waals surface area contributed by atoms with Crippen molar-refractivity contribution < 1.29 is 9.59 Å². The standard InChI is InChI=1S/C8H12N2O2S2/c11-7-5-13-14-6-8(12)10-4-2-1-3-9(7)10/h1-6H2. The summed E-state index contributed by atoms with van der Waals surface area (Å²) in [4.78, 5) is 23.3. The lowest BCUT2D eigenvalue weighted by molar-refractivity contribution is -0.164. The summed E-state index contributed by atoms with van der Waals surface area (Å²) in [5.74, 6) is 1.09. The zero-order valence-electron chi connectivity index (χ0n) is 7.77. The molecule has 4 nitrogen and oxygen atoms in total. The summed E-state index contributed by atoms with van der Waals surface area (Å²) in [5, 5.41) is 3.25. The molecule has 2 aliphatic rings. The Morgan fingerprint density at radius 2 is 1.29 bits per heavy atom. The molecular formula is C8H12N2O2S2. The number of nitrogens with zero attached hydrogens (tertiary/aromatic N) is 2. The molecule has 0 aromatic carbocycles. The van der Waals surface area contributed by atoms with E-state index in [4.69, 9.17) is 0 Å². The molecule has 0 aromatic heterocycles. The molecule has 2 fully saturated rings. The fraction of sp³-hybridized carbons (Fsp3) is 0.750. The normalized spacial score (nSPS) is 24.3. The lowest BCUT2D eigenvalue weighted by atomic mass is 10.2. The van der Waals surface area contributed by atoms with Gasteiger partial charge in [-0.25, -0.2) is 0 Å². The highest BCUT2D eigenvalue weighted by Crippen LogP contribution is 2.26. The van der Waals surface area contributed by atoms with Gasteiger partial charge in [0.1, 0.15) is 0 Å². The van der Waals surface area contributed by atoms with Crippen molar-refractivity contribution in [2.45, 2.75) is 12.8 Å². The summed E-state index contributed by atoms with van der Waals surface area (Å²) in [6.07, 6.45) is 2.01. The van der Waals surface area contributed by atoms with Crippen LogP contribution in [-0.4, -0.2) is 46.4 Å². The molecule has 0 radical (unpaired) electrons. The molecule has 0 atom stereocenters. The summed E-state index contributed by atoms with van der Waals surface area (Å²) in [5.41, 5.74) is 0. The van der Waals surface area contributed by atoms with E-state index in [1.807, 2.05) is 0 Å². The van der Waals surface area contributed by atoms with Crippen molar-refractivity contribution in [2.75, 3.05) is 24.6 Å². The van der Waals surface area contributed by atoms with Crippen molar-refractivity contribution in [1.82, 2.24) is 10.0 Å². The monoisotopic (exact) mass is 232 g/mol. The van der Waals surface area contributed by atoms with Gasteiger partial charge in [-0.15, -0.1) is 0 Å². The lowest BCUT2D eigenvalue weighted by Crippen LogP contribution is -2.54. The Morgan fingerprint density at radius 3 is 1.71 bits per heavy atom. The first-order valence-electron chi connectivity index (χ1n) is 4.64. The maximum atomic E-state index is 11.6. The van der Waals surface area contributed by atoms with Gasteiger partial charge in [-0.3, -0.25) is 19.6 Å². The summed E-state index contributed by atoms with van der Waals surface area (Å²) >= 11 is 0. The zero-order chi connectivity index (χ0) is 9.97. The molecular weight excluding hydrogens is 220 g/mol. The number of rotatable bonds is 0. The van der Waals surface area contributed by atoms with E-state index in [0.717, 1.165) is 12.8 Å². The molecule has 14 heavy (non-hydrogen) atoms. The van der Waals surface area contributed by atoms with Gasteiger partial charge in [-0.2, -0.15) is 0 Å². The minimum Gasteiger partial charge on any atom is -0.272 e. The number of amides is 2. The molecule has 0 saturated carbocycles. The molecule has 78 valence electrons. The van der Waals surface area contributed by atoms with E-state index in [9.17, 15) is 9.59 Å². The van der Waals surface area contributed by atoms with Crippen LogP contribution in [0.4, 0.5) is 0 Å². The van der Waals surface area contributed by atoms with E-state index in [1.54, 1.807) is 10.0 Å². The first kappa shape index (κ1) is 10.2. The molecule has 6 heteroatoms. The average molecular weight is 232 g/mol. The van der Waals surface area contributed by atoms with Crippen molar-refractivity contribution in [3.8, 4) is 0 Å². The number of hydrogen-bond acceptors (Lipinski definition) is 4. The maximum absolute atomic E-state index is 11.6. The topological polar surface area (TPSA) is 40.6 Å². The number of fused-ring (bicyclic) bond motifs is 1. The number of carbonyl (C=O) groups is 2. The Labute approximate surface area is 90.7 Å². The third-order valence-electron chi connectivity index (χ3n) is 2.31. The van der Waals surface area contributed by atoms with E-state index in [-0.39, 0.29) is 11.8 Å². The highest BCUT2D eigenvalue weighted by atomic mass is 33.1. The maximum Gasteiger partial charge on any atom is 0.252 e. The van der Waals surface area contributed by atoms with Crippen molar-refractivity contribution in [3.05, 3.63) is 0 Å². The molecule has 2 heterocycles. The molecule has 2 amide bonds. The van der Waals surface area contributed by atoms with Gasteiger partial charge in [0.15, 0.2) is 0 Å². The highest BCUT2D eigenvalue weighted by Gasteiger charge is 2.29. The number of hydrazine groups is 1. The van der Waals surface area contributed by atoms with Gasteiger partial charge >= 0.3 is 0 Å². The molecule has 0 bridgehead atoms. The Kier molecular flexibility index (Phi) is 3.22. The predicted octanol–water partition coefficient (Wildman–Crippen LogP) is 0.747. The van der Waals surface area contributed by atoms with Crippen LogP contribution in [0.15, 0.2) is 0 Å². The Morgan fingerprint density at radius 1 is 0.857 bits per heavy atom. The molecule has 0 spiro atoms. The first-order chi connectivity index (χ1) is 6.79. The second kappa shape index (κ2) is 4.44. The highest BCUT2D eigenvalue weighted by molar-refractivity contribution is 8.77. The van der Waals surface area contributed by atoms with E-state index in [1.165, 1.54) is 21.6 Å². The molecule has 2 aliphatic heterocycles. The summed E-state index contributed by atoms with van der Waals surface area (Å²) < 4.78 is 0. The van der Waals surface area contributed by atoms with Gasteiger partial charge in [0.05, 0.1) is 11.5 Å². The molecule has 0 aliphatic carbocycles. The smallest absolute Gasteiger partial charge is 0.252 e. The van der Waals surface area contributed by atoms with Crippen molar-refractivity contribution in [2.24, 2.45) is 0 Å². The van der Waals surface area contributed by atoms with Crippen LogP contribution in [0.3, 0.4) is 0 Å². The fourth-order valence-electron chi connectivity index (χ4n) is 1.62. The van der Waals surface area contributed by atoms with Gasteiger partial charge in [0.2, 0.25) is 0 Å². The fourth-order valence-corrected chi connectivity index (χ4v) is 3.39. The first-order valence-corrected chi connectivity index (χ1v) is 7.13. The van der Waals surface area contributed by atoms with Crippen LogP contribution in [0.1, 0.15) is 12.8 Å². The molecule has 2 saturated heterocycles. The van der Waals surface area contributed by atoms with Gasteiger partial charge in [-0.05, 0) is 12.8 Å². The van der Waals surface area contributed by atoms with E-state index < -0.39 is 0 Å². The second-order valence-electron chi connectivity index (χ2n) is 3.27. The van der Waals surface area contributed by atoms with E-state index in [2.05, 4.69) is 0 Å². The van der Waals surface area contributed by atoms with Crippen LogP contribution in [-0.2, 0) is 9.59 Å². The van der Waals surface area contributed by atoms with E-state index in [0.29, 0.717) is 24.6 Å². The number of hydrogen-bond donors (Lipinski definition) is 0. The Bertz CT molecular complexity index is 234. The van der Waals surface area contributed by atoms with Crippen LogP contribution < -0.4 is 0 Å². The van der Waals surface area contributed by atoms with Crippen LogP contribution in [0.25, 0.3) is 0 Å². The summed E-state index contributed by atoms with van der Waals surface area (Å²) in [6, 6.07) is 0. The number of carbonyl (C=O) groups excluding carboxylic acids is 2. The molecule has 2 rings (SSSR count). The zero-order valence-corrected chi connectivity index (χ0v) is 9.40. The van der Waals surface area contributed by atoms with Crippen LogP contribution >= 0.6 is 21.6 Å². The molecule has 0 unspecified atom stereocenters. The minimum absolute atomic E-state index is 0.0650. The lowest BCUT2D eigenvalue weighted by Gasteiger charge is -2.39.